The minimum atomic E-state index is -1.42. The number of fused-ring (bicyclic) bond motifs is 2. The molecule has 198 valence electrons. The molecule has 0 aromatic heterocycles. The Morgan fingerprint density at radius 1 is 1.16 bits per heavy atom. The summed E-state index contributed by atoms with van der Waals surface area (Å²) in [4.78, 5) is 27.5. The molecule has 1 saturated heterocycles. The van der Waals surface area contributed by atoms with E-state index in [9.17, 15) is 14.9 Å². The predicted octanol–water partition coefficient (Wildman–Crippen LogP) is 6.26. The van der Waals surface area contributed by atoms with Crippen LogP contribution in [0.25, 0.3) is 0 Å². The molecule has 11 heteroatoms. The molecule has 1 N–H and O–H groups in total. The molecule has 38 heavy (non-hydrogen) atoms. The van der Waals surface area contributed by atoms with Gasteiger partial charge in [0.2, 0.25) is 0 Å². The van der Waals surface area contributed by atoms with Crippen LogP contribution in [0.2, 0.25) is 10.0 Å². The predicted molar refractivity (Wildman–Crippen MR) is 149 cm³/mol. The number of benzene rings is 3. The number of nitrogens with one attached hydrogen (secondary N) is 1. The van der Waals surface area contributed by atoms with Crippen molar-refractivity contribution >= 4 is 50.7 Å². The van der Waals surface area contributed by atoms with Crippen molar-refractivity contribution in [2.24, 2.45) is 0 Å². The fourth-order valence-corrected chi connectivity index (χ4v) is 6.46. The van der Waals surface area contributed by atoms with Crippen LogP contribution in [0.1, 0.15) is 29.5 Å². The van der Waals surface area contributed by atoms with E-state index in [0.29, 0.717) is 56.0 Å². The molecule has 0 saturated carbocycles. The number of hydrogen-bond donors (Lipinski definition) is 1. The van der Waals surface area contributed by atoms with Gasteiger partial charge in [0.1, 0.15) is 6.61 Å². The van der Waals surface area contributed by atoms with Crippen LogP contribution in [0.4, 0.5) is 5.69 Å². The van der Waals surface area contributed by atoms with E-state index in [4.69, 9.17) is 32.7 Å². The lowest BCUT2D eigenvalue weighted by Crippen LogP contribution is -2.54. The van der Waals surface area contributed by atoms with Crippen LogP contribution in [0.15, 0.2) is 59.1 Å². The van der Waals surface area contributed by atoms with Crippen LogP contribution in [-0.4, -0.2) is 42.0 Å². The molecule has 1 spiro atoms. The van der Waals surface area contributed by atoms with E-state index in [1.165, 1.54) is 0 Å². The van der Waals surface area contributed by atoms with Gasteiger partial charge in [-0.1, -0.05) is 47.5 Å². The number of carbonyl (C=O) groups is 1. The highest BCUT2D eigenvalue weighted by Crippen LogP contribution is 2.53. The molecule has 0 aliphatic carbocycles. The maximum Gasteiger partial charge on any atom is 0.256 e. The average Bonchev–Trinajstić information content (AvgIpc) is 3.35. The molecule has 2 aliphatic heterocycles. The number of para-hydroxylation sites is 1. The van der Waals surface area contributed by atoms with E-state index in [1.54, 1.807) is 60.5 Å². The Morgan fingerprint density at radius 3 is 2.63 bits per heavy atom. The first-order valence-electron chi connectivity index (χ1n) is 12.0. The maximum atomic E-state index is 13.4. The van der Waals surface area contributed by atoms with Crippen LogP contribution in [-0.2, 0) is 16.9 Å². The van der Waals surface area contributed by atoms with E-state index in [-0.39, 0.29) is 11.5 Å². The molecular weight excluding hydrogens is 597 g/mol. The second-order valence-corrected chi connectivity index (χ2v) is 11.0. The van der Waals surface area contributed by atoms with Crippen LogP contribution in [0, 0.1) is 10.1 Å². The zero-order valence-electron chi connectivity index (χ0n) is 20.5. The minimum absolute atomic E-state index is 0.207. The van der Waals surface area contributed by atoms with E-state index < -0.39 is 23.4 Å². The van der Waals surface area contributed by atoms with Gasteiger partial charge in [0, 0.05) is 22.7 Å². The number of nitrogens with zero attached hydrogens (tertiary/aromatic N) is 2. The molecular formula is C27H24BrCl2N3O5. The van der Waals surface area contributed by atoms with Crippen LogP contribution in [0.5, 0.6) is 11.5 Å². The standard InChI is InChI=1S/C27H24BrCl2N3O5/c1-3-37-23-12-16(11-19(28)24(23)38-14-15-8-9-20(29)21(30)10-15)17-13-32(2)27(25(17)33(35)36)18-6-4-5-7-22(18)31-26(27)34/h4-12,17,25H,3,13-14H2,1-2H3,(H,31,34)/t17-,25-,27+/m0/s1. The lowest BCUT2D eigenvalue weighted by Gasteiger charge is -2.30. The summed E-state index contributed by atoms with van der Waals surface area (Å²) < 4.78 is 12.6. The normalized spacial score (nSPS) is 22.4. The third-order valence-electron chi connectivity index (χ3n) is 7.17. The SMILES string of the molecule is CCOc1cc([C@@H]2CN(C)[C@@]3(C(=O)Nc4ccccc43)[C@H]2[N+](=O)[O-])cc(Br)c1OCc1ccc(Cl)c(Cl)c1. The number of rotatable bonds is 7. The Morgan fingerprint density at radius 2 is 1.92 bits per heavy atom. The molecule has 5 rings (SSSR count). The molecule has 3 aromatic rings. The Labute approximate surface area is 238 Å². The van der Waals surface area contributed by atoms with Gasteiger partial charge < -0.3 is 14.8 Å². The van der Waals surface area contributed by atoms with Gasteiger partial charge in [-0.2, -0.15) is 0 Å². The number of hydrogen-bond acceptors (Lipinski definition) is 6. The number of halogens is 3. The van der Waals surface area contributed by atoms with Crippen molar-refractivity contribution in [1.29, 1.82) is 0 Å². The fraction of sp³-hybridized carbons (Fsp3) is 0.296. The first kappa shape index (κ1) is 26.7. The first-order valence-corrected chi connectivity index (χ1v) is 13.5. The highest BCUT2D eigenvalue weighted by Gasteiger charge is 2.68. The average molecular weight is 621 g/mol. The number of ether oxygens (including phenoxy) is 2. The molecule has 3 atom stereocenters. The van der Waals surface area contributed by atoms with Crippen LogP contribution >= 0.6 is 39.1 Å². The summed E-state index contributed by atoms with van der Waals surface area (Å²) in [6.07, 6.45) is 0. The molecule has 3 aromatic carbocycles. The van der Waals surface area contributed by atoms with Gasteiger partial charge in [-0.3, -0.25) is 19.8 Å². The topological polar surface area (TPSA) is 93.9 Å². The molecule has 1 fully saturated rings. The molecule has 1 amide bonds. The summed E-state index contributed by atoms with van der Waals surface area (Å²) in [5, 5.41) is 16.4. The van der Waals surface area contributed by atoms with Gasteiger partial charge in [-0.15, -0.1) is 0 Å². The maximum absolute atomic E-state index is 13.4. The number of nitro groups is 1. The second-order valence-electron chi connectivity index (χ2n) is 9.28. The third-order valence-corrected chi connectivity index (χ3v) is 8.50. The van der Waals surface area contributed by atoms with Crippen molar-refractivity contribution in [3.63, 3.8) is 0 Å². The summed E-state index contributed by atoms with van der Waals surface area (Å²) in [6.45, 7) is 2.72. The van der Waals surface area contributed by atoms with Crippen molar-refractivity contribution in [2.45, 2.75) is 31.0 Å². The smallest absolute Gasteiger partial charge is 0.256 e. The number of carbonyl (C=O) groups excluding carboxylic acids is 1. The van der Waals surface area contributed by atoms with Crippen molar-refractivity contribution in [2.75, 3.05) is 25.5 Å². The number of likely N-dealkylation sites (N-methyl/N-ethyl adjacent to an activating group) is 1. The van der Waals surface area contributed by atoms with Crippen molar-refractivity contribution in [3.05, 3.63) is 95.9 Å². The largest absolute Gasteiger partial charge is 0.490 e. The van der Waals surface area contributed by atoms with Gasteiger partial charge in [0.15, 0.2) is 17.0 Å². The summed E-state index contributed by atoms with van der Waals surface area (Å²) in [5.74, 6) is -0.0779. The Bertz CT molecular complexity index is 1440. The zero-order chi connectivity index (χ0) is 27.2. The van der Waals surface area contributed by atoms with E-state index in [2.05, 4.69) is 21.2 Å². The second kappa shape index (κ2) is 10.4. The Hall–Kier alpha value is -2.85. The Kier molecular flexibility index (Phi) is 7.30. The quantitative estimate of drug-likeness (QED) is 0.248. The summed E-state index contributed by atoms with van der Waals surface area (Å²) in [7, 11) is 1.76. The van der Waals surface area contributed by atoms with Crippen molar-refractivity contribution < 1.29 is 19.2 Å². The van der Waals surface area contributed by atoms with Gasteiger partial charge >= 0.3 is 0 Å². The lowest BCUT2D eigenvalue weighted by atomic mass is 9.79. The van der Waals surface area contributed by atoms with E-state index in [1.807, 2.05) is 13.0 Å². The number of amides is 1. The summed E-state index contributed by atoms with van der Waals surface area (Å²) in [6, 6.07) is 14.7. The van der Waals surface area contributed by atoms with Crippen LogP contribution < -0.4 is 14.8 Å². The molecule has 2 heterocycles. The van der Waals surface area contributed by atoms with Gasteiger partial charge in [0.25, 0.3) is 11.9 Å². The van der Waals surface area contributed by atoms with Crippen molar-refractivity contribution in [3.8, 4) is 11.5 Å². The molecule has 8 nitrogen and oxygen atoms in total. The summed E-state index contributed by atoms with van der Waals surface area (Å²) >= 11 is 15.7. The highest BCUT2D eigenvalue weighted by atomic mass is 79.9. The first-order chi connectivity index (χ1) is 18.2. The highest BCUT2D eigenvalue weighted by molar-refractivity contribution is 9.10. The fourth-order valence-electron chi connectivity index (χ4n) is 5.57. The van der Waals surface area contributed by atoms with E-state index in [0.717, 1.165) is 5.56 Å². The molecule has 0 unspecified atom stereocenters. The monoisotopic (exact) mass is 619 g/mol. The van der Waals surface area contributed by atoms with Gasteiger partial charge in [0.05, 0.1) is 27.0 Å². The van der Waals surface area contributed by atoms with Crippen molar-refractivity contribution in [1.82, 2.24) is 4.90 Å². The Balaban J connectivity index is 1.53. The van der Waals surface area contributed by atoms with Crippen LogP contribution in [0.3, 0.4) is 0 Å². The molecule has 0 bridgehead atoms. The number of anilines is 1. The van der Waals surface area contributed by atoms with Gasteiger partial charge in [-0.05, 0) is 71.4 Å². The third kappa shape index (κ3) is 4.31. The minimum Gasteiger partial charge on any atom is -0.490 e. The summed E-state index contributed by atoms with van der Waals surface area (Å²) in [5.41, 5.74) is 1.27. The number of likely N-dealkylation sites (tertiary alicyclic amines) is 1. The van der Waals surface area contributed by atoms with Gasteiger partial charge in [-0.25, -0.2) is 0 Å². The van der Waals surface area contributed by atoms with E-state index >= 15 is 0 Å². The molecule has 0 radical (unpaired) electrons. The lowest BCUT2D eigenvalue weighted by molar-refractivity contribution is -0.534. The molecule has 2 aliphatic rings. The zero-order valence-corrected chi connectivity index (χ0v) is 23.6.